The zero-order chi connectivity index (χ0) is 8.88. The van der Waals surface area contributed by atoms with Crippen molar-refractivity contribution in [2.24, 2.45) is 0 Å². The lowest BCUT2D eigenvalue weighted by molar-refractivity contribution is -0.103. The molecule has 2 aliphatic rings. The van der Waals surface area contributed by atoms with Gasteiger partial charge in [0.25, 0.3) is 0 Å². The number of hydrogen-bond donors (Lipinski definition) is 5. The first-order valence-corrected chi connectivity index (χ1v) is 4.09. The van der Waals surface area contributed by atoms with Gasteiger partial charge in [0.05, 0.1) is 18.2 Å². The molecule has 0 aromatic rings. The molecule has 0 aromatic carbocycles. The molecule has 5 nitrogen and oxygen atoms in total. The van der Waals surface area contributed by atoms with Crippen LogP contribution in [-0.4, -0.2) is 56.9 Å². The topological polar surface area (TPSA) is 93.0 Å². The monoisotopic (exact) mass is 175 g/mol. The summed E-state index contributed by atoms with van der Waals surface area (Å²) in [5.74, 6) is 0. The number of hydrogen-bond acceptors (Lipinski definition) is 5. The number of nitrogens with one attached hydrogen (secondary N) is 1. The molecular weight excluding hydrogens is 162 g/mol. The molecule has 0 unspecified atom stereocenters. The van der Waals surface area contributed by atoms with Crippen molar-refractivity contribution >= 4 is 0 Å². The summed E-state index contributed by atoms with van der Waals surface area (Å²) in [4.78, 5) is 0. The van der Waals surface area contributed by atoms with Crippen LogP contribution in [0, 0.1) is 0 Å². The molecule has 5 N–H and O–H groups in total. The summed E-state index contributed by atoms with van der Waals surface area (Å²) in [6.45, 7) is 0. The first-order chi connectivity index (χ1) is 5.61. The smallest absolute Gasteiger partial charge is 0.109 e. The summed E-state index contributed by atoms with van der Waals surface area (Å²) in [5.41, 5.74) is 0. The second-order valence-corrected chi connectivity index (χ2v) is 3.57. The maximum atomic E-state index is 9.37. The van der Waals surface area contributed by atoms with Gasteiger partial charge in [-0.2, -0.15) is 0 Å². The zero-order valence-electron chi connectivity index (χ0n) is 6.46. The van der Waals surface area contributed by atoms with Gasteiger partial charge in [0.1, 0.15) is 12.2 Å². The number of piperidine rings is 1. The third kappa shape index (κ3) is 0.982. The van der Waals surface area contributed by atoms with Gasteiger partial charge in [-0.1, -0.05) is 0 Å². The van der Waals surface area contributed by atoms with Crippen molar-refractivity contribution in [2.45, 2.75) is 42.9 Å². The highest BCUT2D eigenvalue weighted by Gasteiger charge is 2.50. The lowest BCUT2D eigenvalue weighted by Crippen LogP contribution is -2.61. The molecule has 2 bridgehead atoms. The molecule has 2 rings (SSSR count). The van der Waals surface area contributed by atoms with Gasteiger partial charge in [0.2, 0.25) is 0 Å². The third-order valence-electron chi connectivity index (χ3n) is 2.80. The van der Waals surface area contributed by atoms with Gasteiger partial charge in [0, 0.05) is 6.04 Å². The lowest BCUT2D eigenvalue weighted by Gasteiger charge is -2.35. The van der Waals surface area contributed by atoms with E-state index < -0.39 is 30.5 Å². The van der Waals surface area contributed by atoms with E-state index >= 15 is 0 Å². The largest absolute Gasteiger partial charge is 0.391 e. The van der Waals surface area contributed by atoms with E-state index in [-0.39, 0.29) is 6.04 Å². The third-order valence-corrected chi connectivity index (χ3v) is 2.80. The van der Waals surface area contributed by atoms with E-state index in [4.69, 9.17) is 0 Å². The molecule has 0 aromatic heterocycles. The van der Waals surface area contributed by atoms with Crippen LogP contribution in [0.3, 0.4) is 0 Å². The summed E-state index contributed by atoms with van der Waals surface area (Å²) in [6, 6.07) is -0.781. The van der Waals surface area contributed by atoms with Gasteiger partial charge in [-0.25, -0.2) is 0 Å². The minimum Gasteiger partial charge on any atom is -0.391 e. The summed E-state index contributed by atoms with van der Waals surface area (Å²) < 4.78 is 0. The van der Waals surface area contributed by atoms with Crippen molar-refractivity contribution in [1.82, 2.24) is 5.32 Å². The summed E-state index contributed by atoms with van der Waals surface area (Å²) in [7, 11) is 0. The second-order valence-electron chi connectivity index (χ2n) is 3.57. The van der Waals surface area contributed by atoms with Gasteiger partial charge in [0.15, 0.2) is 0 Å². The van der Waals surface area contributed by atoms with Crippen LogP contribution >= 0.6 is 0 Å². The molecule has 2 saturated heterocycles. The van der Waals surface area contributed by atoms with Crippen molar-refractivity contribution < 1.29 is 20.4 Å². The molecule has 0 amide bonds. The summed E-state index contributed by atoms with van der Waals surface area (Å²) >= 11 is 0. The molecule has 70 valence electrons. The Morgan fingerprint density at radius 1 is 0.917 bits per heavy atom. The van der Waals surface area contributed by atoms with Crippen LogP contribution in [0.5, 0.6) is 0 Å². The van der Waals surface area contributed by atoms with Gasteiger partial charge >= 0.3 is 0 Å². The van der Waals surface area contributed by atoms with Crippen LogP contribution in [0.15, 0.2) is 0 Å². The van der Waals surface area contributed by atoms with Gasteiger partial charge in [-0.05, 0) is 6.42 Å². The fraction of sp³-hybridized carbons (Fsp3) is 1.00. The Bertz CT molecular complexity index is 183. The molecule has 0 spiro atoms. The van der Waals surface area contributed by atoms with Gasteiger partial charge in [-0.3, -0.25) is 0 Å². The van der Waals surface area contributed by atoms with Crippen molar-refractivity contribution in [1.29, 1.82) is 0 Å². The van der Waals surface area contributed by atoms with E-state index in [9.17, 15) is 20.4 Å². The molecule has 5 heteroatoms. The van der Waals surface area contributed by atoms with Crippen molar-refractivity contribution in [3.63, 3.8) is 0 Å². The number of aliphatic hydroxyl groups excluding tert-OH is 4. The molecule has 12 heavy (non-hydrogen) atoms. The molecule has 2 heterocycles. The molecule has 0 aliphatic carbocycles. The predicted octanol–water partition coefficient (Wildman–Crippen LogP) is -2.83. The van der Waals surface area contributed by atoms with Crippen molar-refractivity contribution in [2.75, 3.05) is 0 Å². The molecular formula is C7H13NO4. The summed E-state index contributed by atoms with van der Waals surface area (Å²) in [5, 5.41) is 40.3. The predicted molar refractivity (Wildman–Crippen MR) is 39.4 cm³/mol. The van der Waals surface area contributed by atoms with E-state index in [2.05, 4.69) is 5.32 Å². The van der Waals surface area contributed by atoms with E-state index in [1.807, 2.05) is 0 Å². The minimum atomic E-state index is -1.14. The minimum absolute atomic E-state index is 0.289. The fourth-order valence-electron chi connectivity index (χ4n) is 2.05. The maximum Gasteiger partial charge on any atom is 0.109 e. The van der Waals surface area contributed by atoms with Crippen LogP contribution in [0.1, 0.15) is 6.42 Å². The highest BCUT2D eigenvalue weighted by atomic mass is 16.4. The molecule has 2 aliphatic heterocycles. The van der Waals surface area contributed by atoms with Crippen LogP contribution in [0.25, 0.3) is 0 Å². The second kappa shape index (κ2) is 2.65. The zero-order valence-corrected chi connectivity index (χ0v) is 6.46. The Morgan fingerprint density at radius 3 is 2.25 bits per heavy atom. The van der Waals surface area contributed by atoms with E-state index in [1.54, 1.807) is 0 Å². The molecule has 6 atom stereocenters. The lowest BCUT2D eigenvalue weighted by atomic mass is 9.96. The van der Waals surface area contributed by atoms with Crippen molar-refractivity contribution in [3.8, 4) is 0 Å². The standard InChI is InChI=1S/C7H13NO4/c9-3-1-2-5(10)7(12)6(11)4(3)8-2/h2-12H,1H2/t2-,3+,4+,5+,6-,7-/m0/s1. The summed E-state index contributed by atoms with van der Waals surface area (Å²) in [6.07, 6.45) is -3.47. The van der Waals surface area contributed by atoms with Crippen molar-refractivity contribution in [3.05, 3.63) is 0 Å². The van der Waals surface area contributed by atoms with Gasteiger partial charge in [-0.15, -0.1) is 0 Å². The first-order valence-electron chi connectivity index (χ1n) is 4.09. The van der Waals surface area contributed by atoms with E-state index in [0.29, 0.717) is 6.42 Å². The highest BCUT2D eigenvalue weighted by Crippen LogP contribution is 2.27. The van der Waals surface area contributed by atoms with E-state index in [1.165, 1.54) is 0 Å². The Morgan fingerprint density at radius 2 is 1.58 bits per heavy atom. The Kier molecular flexibility index (Phi) is 1.85. The first kappa shape index (κ1) is 8.40. The highest BCUT2D eigenvalue weighted by molar-refractivity contribution is 5.07. The SMILES string of the molecule is O[C@@H]1[C@@H](O)[C@@H]2N[C@@H](C[C@H]2O)[C@H]1O. The molecule has 0 saturated carbocycles. The Balaban J connectivity index is 2.20. The van der Waals surface area contributed by atoms with Gasteiger partial charge < -0.3 is 25.7 Å². The molecule has 2 fully saturated rings. The normalized spacial score (nSPS) is 59.0. The van der Waals surface area contributed by atoms with Crippen LogP contribution in [0.2, 0.25) is 0 Å². The average Bonchev–Trinajstić information content (AvgIpc) is 2.39. The molecule has 0 radical (unpaired) electrons. The van der Waals surface area contributed by atoms with Crippen LogP contribution < -0.4 is 5.32 Å². The quantitative estimate of drug-likeness (QED) is 0.274. The van der Waals surface area contributed by atoms with Crippen LogP contribution in [0.4, 0.5) is 0 Å². The average molecular weight is 175 g/mol. The number of rotatable bonds is 0. The number of aliphatic hydroxyl groups is 4. The van der Waals surface area contributed by atoms with Crippen LogP contribution in [-0.2, 0) is 0 Å². The number of fused-ring (bicyclic) bond motifs is 2. The Labute approximate surface area is 69.6 Å². The fourth-order valence-corrected chi connectivity index (χ4v) is 2.05. The van der Waals surface area contributed by atoms with E-state index in [0.717, 1.165) is 0 Å². The Hall–Kier alpha value is -0.200. The maximum absolute atomic E-state index is 9.37.